The Kier molecular flexibility index (Phi) is 6.15. The van der Waals surface area contributed by atoms with Gasteiger partial charge >= 0.3 is 0 Å². The van der Waals surface area contributed by atoms with Crippen LogP contribution >= 0.6 is 34.8 Å². The van der Waals surface area contributed by atoms with E-state index >= 15 is 0 Å². The van der Waals surface area contributed by atoms with E-state index in [9.17, 15) is 4.79 Å². The van der Waals surface area contributed by atoms with E-state index in [-0.39, 0.29) is 5.91 Å². The van der Waals surface area contributed by atoms with Crippen molar-refractivity contribution in [3.05, 3.63) is 87.2 Å². The highest BCUT2D eigenvalue weighted by Crippen LogP contribution is 2.29. The van der Waals surface area contributed by atoms with Crippen LogP contribution in [0.5, 0.6) is 0 Å². The molecule has 3 heterocycles. The van der Waals surface area contributed by atoms with Gasteiger partial charge in [-0.25, -0.2) is 9.97 Å². The van der Waals surface area contributed by atoms with Gasteiger partial charge in [-0.05, 0) is 42.0 Å². The van der Waals surface area contributed by atoms with E-state index in [1.54, 1.807) is 24.5 Å². The topological polar surface area (TPSA) is 54.3 Å². The molecule has 0 aliphatic carbocycles. The normalized spacial score (nSPS) is 14.2. The van der Waals surface area contributed by atoms with E-state index in [4.69, 9.17) is 34.8 Å². The van der Waals surface area contributed by atoms with Gasteiger partial charge in [-0.3, -0.25) is 4.79 Å². The second kappa shape index (κ2) is 9.21. The molecule has 2 aromatic heterocycles. The number of rotatable bonds is 4. The molecule has 33 heavy (non-hydrogen) atoms. The summed E-state index contributed by atoms with van der Waals surface area (Å²) < 4.78 is 2.03. The van der Waals surface area contributed by atoms with Gasteiger partial charge < -0.3 is 14.4 Å². The Labute approximate surface area is 206 Å². The van der Waals surface area contributed by atoms with Gasteiger partial charge in [0, 0.05) is 77.3 Å². The number of carbonyl (C=O) groups is 1. The first-order chi connectivity index (χ1) is 16.0. The molecule has 0 bridgehead atoms. The van der Waals surface area contributed by atoms with Crippen molar-refractivity contribution in [2.24, 2.45) is 0 Å². The Balaban J connectivity index is 1.42. The average Bonchev–Trinajstić information content (AvgIpc) is 3.18. The summed E-state index contributed by atoms with van der Waals surface area (Å²) in [7, 11) is 0. The zero-order valence-electron chi connectivity index (χ0n) is 17.6. The predicted octanol–water partition coefficient (Wildman–Crippen LogP) is 5.40. The van der Waals surface area contributed by atoms with Crippen LogP contribution in [0.3, 0.4) is 0 Å². The van der Waals surface area contributed by atoms with E-state index < -0.39 is 0 Å². The molecule has 0 unspecified atom stereocenters. The lowest BCUT2D eigenvalue weighted by molar-refractivity contribution is 0.0748. The van der Waals surface area contributed by atoms with E-state index in [0.717, 1.165) is 16.5 Å². The van der Waals surface area contributed by atoms with Gasteiger partial charge in [-0.15, -0.1) is 0 Å². The number of piperazine rings is 1. The monoisotopic (exact) mass is 499 g/mol. The minimum atomic E-state index is -0.0168. The maximum absolute atomic E-state index is 13.5. The third-order valence-electron chi connectivity index (χ3n) is 5.83. The van der Waals surface area contributed by atoms with Crippen LogP contribution in [0.4, 0.5) is 5.95 Å². The SMILES string of the molecule is O=C(c1cn(Cc2ccc(Cl)cc2Cl)c2ccc(Cl)cc12)N1CCN(c2ncccn2)CC1. The van der Waals surface area contributed by atoms with Gasteiger partial charge in [-0.1, -0.05) is 40.9 Å². The number of carbonyl (C=O) groups excluding carboxylic acids is 1. The zero-order valence-corrected chi connectivity index (χ0v) is 19.9. The van der Waals surface area contributed by atoms with E-state index in [2.05, 4.69) is 14.9 Å². The molecule has 0 saturated carbocycles. The third kappa shape index (κ3) is 4.51. The van der Waals surface area contributed by atoms with Crippen LogP contribution in [0.25, 0.3) is 10.9 Å². The van der Waals surface area contributed by atoms with Gasteiger partial charge in [0.05, 0.1) is 5.56 Å². The Morgan fingerprint density at radius 3 is 2.33 bits per heavy atom. The fraction of sp³-hybridized carbons (Fsp3) is 0.208. The van der Waals surface area contributed by atoms with Crippen LogP contribution in [-0.2, 0) is 6.54 Å². The van der Waals surface area contributed by atoms with Gasteiger partial charge in [0.25, 0.3) is 5.91 Å². The first-order valence-electron chi connectivity index (χ1n) is 10.5. The second-order valence-corrected chi connectivity index (χ2v) is 9.18. The lowest BCUT2D eigenvalue weighted by Crippen LogP contribution is -2.49. The summed E-state index contributed by atoms with van der Waals surface area (Å²) in [5, 5.41) is 2.59. The highest BCUT2D eigenvalue weighted by molar-refractivity contribution is 6.35. The maximum Gasteiger partial charge on any atom is 0.256 e. The Morgan fingerprint density at radius 1 is 0.909 bits per heavy atom. The Bertz CT molecular complexity index is 1320. The molecule has 1 amide bonds. The fourth-order valence-electron chi connectivity index (χ4n) is 4.14. The average molecular weight is 501 g/mol. The van der Waals surface area contributed by atoms with Crippen LogP contribution < -0.4 is 4.90 Å². The first-order valence-corrected chi connectivity index (χ1v) is 11.7. The van der Waals surface area contributed by atoms with Crippen molar-refractivity contribution in [1.82, 2.24) is 19.4 Å². The van der Waals surface area contributed by atoms with Gasteiger partial charge in [0.15, 0.2) is 0 Å². The van der Waals surface area contributed by atoms with Gasteiger partial charge in [-0.2, -0.15) is 0 Å². The molecule has 2 aromatic carbocycles. The summed E-state index contributed by atoms with van der Waals surface area (Å²) >= 11 is 18.7. The number of aromatic nitrogens is 3. The molecule has 6 nitrogen and oxygen atoms in total. The summed E-state index contributed by atoms with van der Waals surface area (Å²) in [5.41, 5.74) is 2.47. The number of nitrogens with zero attached hydrogens (tertiary/aromatic N) is 5. The van der Waals surface area contributed by atoms with E-state index in [1.807, 2.05) is 46.0 Å². The molecule has 0 N–H and O–H groups in total. The van der Waals surface area contributed by atoms with Crippen molar-refractivity contribution >= 4 is 57.6 Å². The lowest BCUT2D eigenvalue weighted by atomic mass is 10.1. The number of benzene rings is 2. The van der Waals surface area contributed by atoms with Crippen molar-refractivity contribution in [1.29, 1.82) is 0 Å². The van der Waals surface area contributed by atoms with Crippen LogP contribution in [0.2, 0.25) is 15.1 Å². The Morgan fingerprint density at radius 2 is 1.61 bits per heavy atom. The summed E-state index contributed by atoms with van der Waals surface area (Å²) in [6.07, 6.45) is 5.34. The first kappa shape index (κ1) is 22.0. The minimum absolute atomic E-state index is 0.0168. The smallest absolute Gasteiger partial charge is 0.256 e. The molecule has 1 saturated heterocycles. The molecular formula is C24H20Cl3N5O. The number of hydrogen-bond donors (Lipinski definition) is 0. The van der Waals surface area contributed by atoms with Crippen LogP contribution in [0.1, 0.15) is 15.9 Å². The molecule has 168 valence electrons. The molecular weight excluding hydrogens is 481 g/mol. The van der Waals surface area contributed by atoms with E-state index in [1.165, 1.54) is 0 Å². The van der Waals surface area contributed by atoms with Crippen LogP contribution in [0, 0.1) is 0 Å². The highest BCUT2D eigenvalue weighted by Gasteiger charge is 2.26. The summed E-state index contributed by atoms with van der Waals surface area (Å²) in [6.45, 7) is 3.05. The lowest BCUT2D eigenvalue weighted by Gasteiger charge is -2.34. The summed E-state index contributed by atoms with van der Waals surface area (Å²) in [4.78, 5) is 26.1. The summed E-state index contributed by atoms with van der Waals surface area (Å²) in [5.74, 6) is 0.671. The molecule has 4 aromatic rings. The number of anilines is 1. The molecule has 1 aliphatic rings. The minimum Gasteiger partial charge on any atom is -0.342 e. The summed E-state index contributed by atoms with van der Waals surface area (Å²) in [6, 6.07) is 12.8. The fourth-order valence-corrected chi connectivity index (χ4v) is 4.78. The Hall–Kier alpha value is -2.80. The van der Waals surface area contributed by atoms with Crippen molar-refractivity contribution in [2.45, 2.75) is 6.54 Å². The molecule has 5 rings (SSSR count). The number of fused-ring (bicyclic) bond motifs is 1. The van der Waals surface area contributed by atoms with Crippen molar-refractivity contribution in [3.8, 4) is 0 Å². The quantitative estimate of drug-likeness (QED) is 0.376. The van der Waals surface area contributed by atoms with Crippen molar-refractivity contribution in [2.75, 3.05) is 31.1 Å². The molecule has 9 heteroatoms. The third-order valence-corrected chi connectivity index (χ3v) is 6.65. The number of amides is 1. The number of hydrogen-bond acceptors (Lipinski definition) is 4. The number of halogens is 3. The zero-order chi connectivity index (χ0) is 22.9. The largest absolute Gasteiger partial charge is 0.342 e. The van der Waals surface area contributed by atoms with Crippen molar-refractivity contribution in [3.63, 3.8) is 0 Å². The van der Waals surface area contributed by atoms with Gasteiger partial charge in [0.1, 0.15) is 0 Å². The van der Waals surface area contributed by atoms with Gasteiger partial charge in [0.2, 0.25) is 5.95 Å². The molecule has 0 atom stereocenters. The molecule has 1 aliphatic heterocycles. The standard InChI is InChI=1S/C24H20Cl3N5O/c25-17-4-5-22-19(12-17)20(15-32(22)14-16-2-3-18(26)13-21(16)27)23(33)30-8-10-31(11-9-30)24-28-6-1-7-29-24/h1-7,12-13,15H,8-11,14H2. The van der Waals surface area contributed by atoms with Crippen LogP contribution in [0.15, 0.2) is 61.1 Å². The molecule has 1 fully saturated rings. The van der Waals surface area contributed by atoms with Crippen LogP contribution in [-0.4, -0.2) is 51.5 Å². The van der Waals surface area contributed by atoms with E-state index in [0.29, 0.717) is 59.3 Å². The van der Waals surface area contributed by atoms with Crippen molar-refractivity contribution < 1.29 is 4.79 Å². The second-order valence-electron chi connectivity index (χ2n) is 7.90. The highest BCUT2D eigenvalue weighted by atomic mass is 35.5. The predicted molar refractivity (Wildman–Crippen MR) is 133 cm³/mol. The maximum atomic E-state index is 13.5. The molecule has 0 radical (unpaired) electrons. The molecule has 0 spiro atoms.